The summed E-state index contributed by atoms with van der Waals surface area (Å²) in [6, 6.07) is 14.8. The summed E-state index contributed by atoms with van der Waals surface area (Å²) in [7, 11) is 0. The number of unbranched alkanes of at least 4 members (excludes halogenated alkanes) is 4. The van der Waals surface area contributed by atoms with Crippen LogP contribution < -0.4 is 15.4 Å². The summed E-state index contributed by atoms with van der Waals surface area (Å²) in [5, 5.41) is 6.49. The Bertz CT molecular complexity index is 674. The minimum atomic E-state index is -0.125. The highest BCUT2D eigenvalue weighted by atomic mass is 35.5. The molecule has 5 heteroatoms. The summed E-state index contributed by atoms with van der Waals surface area (Å²) < 4.78 is 5.74. The second-order valence-corrected chi connectivity index (χ2v) is 6.64. The minimum Gasteiger partial charge on any atom is -0.494 e. The van der Waals surface area contributed by atoms with Gasteiger partial charge in [-0.2, -0.15) is 0 Å². The lowest BCUT2D eigenvalue weighted by molar-refractivity contribution is -0.114. The van der Waals surface area contributed by atoms with Gasteiger partial charge in [0.1, 0.15) is 5.75 Å². The Morgan fingerprint density at radius 1 is 1.00 bits per heavy atom. The smallest absolute Gasteiger partial charge is 0.243 e. The molecule has 0 aromatic heterocycles. The Morgan fingerprint density at radius 2 is 1.77 bits per heavy atom. The predicted octanol–water partition coefficient (Wildman–Crippen LogP) is 5.74. The molecule has 2 rings (SSSR count). The van der Waals surface area contributed by atoms with E-state index in [1.54, 1.807) is 24.3 Å². The van der Waals surface area contributed by atoms with E-state index in [1.807, 2.05) is 24.3 Å². The number of hydrogen-bond acceptors (Lipinski definition) is 3. The van der Waals surface area contributed by atoms with E-state index in [-0.39, 0.29) is 12.5 Å². The molecular weight excluding hydrogens is 348 g/mol. The maximum atomic E-state index is 12.0. The maximum absolute atomic E-state index is 12.0. The van der Waals surface area contributed by atoms with Crippen molar-refractivity contribution in [2.45, 2.75) is 39.0 Å². The molecule has 0 spiro atoms. The van der Waals surface area contributed by atoms with Crippen LogP contribution in [-0.2, 0) is 4.79 Å². The van der Waals surface area contributed by atoms with Crippen LogP contribution in [0.1, 0.15) is 39.0 Å². The molecule has 0 saturated heterocycles. The predicted molar refractivity (Wildman–Crippen MR) is 109 cm³/mol. The maximum Gasteiger partial charge on any atom is 0.243 e. The molecule has 1 amide bonds. The summed E-state index contributed by atoms with van der Waals surface area (Å²) in [5.74, 6) is 0.731. The highest BCUT2D eigenvalue weighted by molar-refractivity contribution is 6.30. The Labute approximate surface area is 160 Å². The highest BCUT2D eigenvalue weighted by Gasteiger charge is 2.03. The first-order chi connectivity index (χ1) is 12.7. The fourth-order valence-electron chi connectivity index (χ4n) is 2.52. The molecule has 2 aromatic carbocycles. The molecule has 0 unspecified atom stereocenters. The van der Waals surface area contributed by atoms with Crippen LogP contribution in [0.3, 0.4) is 0 Å². The Balaban J connectivity index is 1.67. The van der Waals surface area contributed by atoms with Crippen molar-refractivity contribution in [3.05, 3.63) is 53.6 Å². The third-order valence-electron chi connectivity index (χ3n) is 3.93. The van der Waals surface area contributed by atoms with Crippen molar-refractivity contribution >= 4 is 28.9 Å². The number of ether oxygens (including phenoxy) is 1. The Hall–Kier alpha value is -2.20. The number of amides is 1. The van der Waals surface area contributed by atoms with E-state index >= 15 is 0 Å². The van der Waals surface area contributed by atoms with E-state index in [1.165, 1.54) is 25.7 Å². The van der Waals surface area contributed by atoms with Crippen LogP contribution in [0.4, 0.5) is 11.4 Å². The average Bonchev–Trinajstić information content (AvgIpc) is 2.64. The quantitative estimate of drug-likeness (QED) is 0.493. The summed E-state index contributed by atoms with van der Waals surface area (Å²) >= 11 is 5.90. The third-order valence-corrected chi connectivity index (χ3v) is 4.17. The SMILES string of the molecule is CCCCCCCOc1ccc(NCC(=O)Nc2cccc(Cl)c2)cc1. The zero-order valence-electron chi connectivity index (χ0n) is 15.3. The van der Waals surface area contributed by atoms with Gasteiger partial charge in [0.25, 0.3) is 0 Å². The monoisotopic (exact) mass is 374 g/mol. The number of carbonyl (C=O) groups is 1. The lowest BCUT2D eigenvalue weighted by Gasteiger charge is -2.10. The molecule has 140 valence electrons. The molecule has 0 heterocycles. The molecule has 0 bridgehead atoms. The summed E-state index contributed by atoms with van der Waals surface area (Å²) in [5.41, 5.74) is 1.56. The van der Waals surface area contributed by atoms with Gasteiger partial charge in [-0.15, -0.1) is 0 Å². The van der Waals surface area contributed by atoms with Gasteiger partial charge in [0.15, 0.2) is 0 Å². The first-order valence-corrected chi connectivity index (χ1v) is 9.57. The van der Waals surface area contributed by atoms with Gasteiger partial charge < -0.3 is 15.4 Å². The van der Waals surface area contributed by atoms with E-state index in [4.69, 9.17) is 16.3 Å². The van der Waals surface area contributed by atoms with E-state index in [0.29, 0.717) is 10.7 Å². The van der Waals surface area contributed by atoms with Crippen molar-refractivity contribution in [1.29, 1.82) is 0 Å². The fourth-order valence-corrected chi connectivity index (χ4v) is 2.71. The number of carbonyl (C=O) groups excluding carboxylic acids is 1. The molecule has 2 aromatic rings. The van der Waals surface area contributed by atoms with Crippen LogP contribution in [0.15, 0.2) is 48.5 Å². The largest absolute Gasteiger partial charge is 0.494 e. The van der Waals surface area contributed by atoms with Gasteiger partial charge >= 0.3 is 0 Å². The number of anilines is 2. The van der Waals surface area contributed by atoms with Crippen molar-refractivity contribution < 1.29 is 9.53 Å². The molecule has 0 aliphatic heterocycles. The van der Waals surface area contributed by atoms with Gasteiger partial charge in [-0.1, -0.05) is 50.3 Å². The number of hydrogen-bond donors (Lipinski definition) is 2. The Morgan fingerprint density at radius 3 is 2.50 bits per heavy atom. The first kappa shape index (κ1) is 20.1. The van der Waals surface area contributed by atoms with E-state index in [2.05, 4.69) is 17.6 Å². The van der Waals surface area contributed by atoms with Crippen LogP contribution in [0.5, 0.6) is 5.75 Å². The normalized spacial score (nSPS) is 10.4. The zero-order chi connectivity index (χ0) is 18.6. The molecule has 2 N–H and O–H groups in total. The minimum absolute atomic E-state index is 0.125. The van der Waals surface area contributed by atoms with Gasteiger partial charge in [0.05, 0.1) is 13.2 Å². The summed E-state index contributed by atoms with van der Waals surface area (Å²) in [4.78, 5) is 12.0. The summed E-state index contributed by atoms with van der Waals surface area (Å²) in [6.45, 7) is 3.15. The van der Waals surface area contributed by atoms with Crippen LogP contribution in [0, 0.1) is 0 Å². The lowest BCUT2D eigenvalue weighted by atomic mass is 10.2. The molecule has 26 heavy (non-hydrogen) atoms. The number of rotatable bonds is 11. The van der Waals surface area contributed by atoms with E-state index < -0.39 is 0 Å². The molecule has 0 radical (unpaired) electrons. The van der Waals surface area contributed by atoms with Crippen LogP contribution in [-0.4, -0.2) is 19.1 Å². The van der Waals surface area contributed by atoms with Gasteiger partial charge in [-0.25, -0.2) is 0 Å². The Kier molecular flexibility index (Phi) is 8.84. The van der Waals surface area contributed by atoms with Crippen molar-refractivity contribution in [1.82, 2.24) is 0 Å². The van der Waals surface area contributed by atoms with Gasteiger partial charge in [0.2, 0.25) is 5.91 Å². The van der Waals surface area contributed by atoms with Crippen molar-refractivity contribution in [2.24, 2.45) is 0 Å². The number of halogens is 1. The fraction of sp³-hybridized carbons (Fsp3) is 0.381. The van der Waals surface area contributed by atoms with Gasteiger partial charge in [-0.3, -0.25) is 4.79 Å². The lowest BCUT2D eigenvalue weighted by Crippen LogP contribution is -2.21. The molecule has 0 fully saturated rings. The van der Waals surface area contributed by atoms with Crippen molar-refractivity contribution in [3.8, 4) is 5.75 Å². The van der Waals surface area contributed by atoms with Crippen LogP contribution in [0.2, 0.25) is 5.02 Å². The molecule has 0 aliphatic rings. The second kappa shape index (κ2) is 11.4. The first-order valence-electron chi connectivity index (χ1n) is 9.19. The van der Waals surface area contributed by atoms with Gasteiger partial charge in [-0.05, 0) is 48.9 Å². The van der Waals surface area contributed by atoms with Crippen molar-refractivity contribution in [2.75, 3.05) is 23.8 Å². The zero-order valence-corrected chi connectivity index (χ0v) is 16.0. The molecule has 4 nitrogen and oxygen atoms in total. The van der Waals surface area contributed by atoms with Crippen LogP contribution in [0.25, 0.3) is 0 Å². The standard InChI is InChI=1S/C21H27ClN2O2/c1-2-3-4-5-6-14-26-20-12-10-18(11-13-20)23-16-21(25)24-19-9-7-8-17(22)15-19/h7-13,15,23H,2-6,14,16H2,1H3,(H,24,25). The van der Waals surface area contributed by atoms with Gasteiger partial charge in [0, 0.05) is 16.4 Å². The third kappa shape index (κ3) is 7.79. The highest BCUT2D eigenvalue weighted by Crippen LogP contribution is 2.17. The molecule has 0 aliphatic carbocycles. The van der Waals surface area contributed by atoms with Crippen molar-refractivity contribution in [3.63, 3.8) is 0 Å². The topological polar surface area (TPSA) is 50.4 Å². The van der Waals surface area contributed by atoms with E-state index in [0.717, 1.165) is 24.5 Å². The summed E-state index contributed by atoms with van der Waals surface area (Å²) in [6.07, 6.45) is 6.14. The van der Waals surface area contributed by atoms with E-state index in [9.17, 15) is 4.79 Å². The second-order valence-electron chi connectivity index (χ2n) is 6.20. The van der Waals surface area contributed by atoms with Crippen LogP contribution >= 0.6 is 11.6 Å². The average molecular weight is 375 g/mol. The number of benzene rings is 2. The molecular formula is C21H27ClN2O2. The molecule has 0 atom stereocenters. The number of nitrogens with one attached hydrogen (secondary N) is 2. The molecule has 0 saturated carbocycles.